The van der Waals surface area contributed by atoms with Crippen molar-refractivity contribution in [3.63, 3.8) is 0 Å². The van der Waals surface area contributed by atoms with E-state index < -0.39 is 41.1 Å². The lowest BCUT2D eigenvalue weighted by molar-refractivity contribution is -0.138. The van der Waals surface area contributed by atoms with Gasteiger partial charge in [-0.05, 0) is 32.9 Å². The summed E-state index contributed by atoms with van der Waals surface area (Å²) in [4.78, 5) is 25.6. The van der Waals surface area contributed by atoms with Gasteiger partial charge in [-0.2, -0.15) is 13.2 Å². The largest absolute Gasteiger partial charge is 0.459 e. The van der Waals surface area contributed by atoms with Gasteiger partial charge in [0, 0.05) is 25.9 Å². The van der Waals surface area contributed by atoms with Gasteiger partial charge in [0.1, 0.15) is 11.7 Å². The van der Waals surface area contributed by atoms with Crippen molar-refractivity contribution in [3.05, 3.63) is 35.4 Å². The molecule has 1 aliphatic rings. The number of rotatable bonds is 2. The molecule has 0 saturated carbocycles. The van der Waals surface area contributed by atoms with Crippen LogP contribution in [0.15, 0.2) is 24.3 Å². The van der Waals surface area contributed by atoms with Crippen LogP contribution in [0.4, 0.5) is 18.0 Å². The van der Waals surface area contributed by atoms with Gasteiger partial charge in [-0.1, -0.05) is 12.1 Å². The van der Waals surface area contributed by atoms with Gasteiger partial charge in [-0.15, -0.1) is 0 Å². The number of amides is 1. The van der Waals surface area contributed by atoms with Crippen LogP contribution in [0.5, 0.6) is 0 Å². The third-order valence-corrected chi connectivity index (χ3v) is 3.82. The summed E-state index contributed by atoms with van der Waals surface area (Å²) >= 11 is 0. The van der Waals surface area contributed by atoms with E-state index in [1.807, 2.05) is 0 Å². The first kappa shape index (κ1) is 20.1. The predicted octanol–water partition coefficient (Wildman–Crippen LogP) is 4.26. The summed E-state index contributed by atoms with van der Waals surface area (Å²) in [7, 11) is 0. The second kappa shape index (κ2) is 7.55. The molecule has 1 aromatic rings. The number of carbonyl (C=O) groups is 2. The lowest BCUT2D eigenvalue weighted by Crippen LogP contribution is -2.43. The molecule has 0 spiro atoms. The Labute approximate surface area is 150 Å². The lowest BCUT2D eigenvalue weighted by atomic mass is 10.1. The van der Waals surface area contributed by atoms with Crippen molar-refractivity contribution in [2.24, 2.45) is 0 Å². The van der Waals surface area contributed by atoms with Gasteiger partial charge in [0.25, 0.3) is 0 Å². The Balaban J connectivity index is 1.94. The van der Waals surface area contributed by atoms with Crippen LogP contribution in [0, 0.1) is 0 Å². The first-order valence-electron chi connectivity index (χ1n) is 8.32. The van der Waals surface area contributed by atoms with E-state index in [9.17, 15) is 22.8 Å². The maximum atomic E-state index is 13.0. The molecule has 0 bridgehead atoms. The molecule has 0 radical (unpaired) electrons. The van der Waals surface area contributed by atoms with Crippen LogP contribution in [0.3, 0.4) is 0 Å². The standard InChI is InChI=1S/C18H22F3NO4/c1-17(2,3)26-16(24)22-10-8-12(9-11-22)25-15(23)13-6-4-5-7-14(13)18(19,20)21/h4-7,12H,8-11H2,1-3H3. The van der Waals surface area contributed by atoms with Crippen LogP contribution in [-0.4, -0.2) is 41.8 Å². The monoisotopic (exact) mass is 373 g/mol. The smallest absolute Gasteiger partial charge is 0.417 e. The van der Waals surface area contributed by atoms with Gasteiger partial charge < -0.3 is 14.4 Å². The molecule has 8 heteroatoms. The first-order chi connectivity index (χ1) is 12.0. The van der Waals surface area contributed by atoms with Crippen molar-refractivity contribution in [2.75, 3.05) is 13.1 Å². The predicted molar refractivity (Wildman–Crippen MR) is 87.7 cm³/mol. The fourth-order valence-electron chi connectivity index (χ4n) is 2.61. The Kier molecular flexibility index (Phi) is 5.83. The molecule has 26 heavy (non-hydrogen) atoms. The topological polar surface area (TPSA) is 55.8 Å². The van der Waals surface area contributed by atoms with Crippen molar-refractivity contribution in [2.45, 2.75) is 51.5 Å². The summed E-state index contributed by atoms with van der Waals surface area (Å²) in [6.07, 6.45) is -4.93. The van der Waals surface area contributed by atoms with Gasteiger partial charge in [0.2, 0.25) is 0 Å². The Morgan fingerprint density at radius 3 is 2.19 bits per heavy atom. The fraction of sp³-hybridized carbons (Fsp3) is 0.556. The normalized spacial score (nSPS) is 16.3. The average molecular weight is 373 g/mol. The van der Waals surface area contributed by atoms with Crippen LogP contribution < -0.4 is 0 Å². The molecule has 0 aromatic heterocycles. The maximum Gasteiger partial charge on any atom is 0.417 e. The Hall–Kier alpha value is -2.25. The quantitative estimate of drug-likeness (QED) is 0.727. The molecule has 0 N–H and O–H groups in total. The second-order valence-corrected chi connectivity index (χ2v) is 7.12. The zero-order chi connectivity index (χ0) is 19.5. The number of piperidine rings is 1. The minimum atomic E-state index is -4.63. The molecular formula is C18H22F3NO4. The average Bonchev–Trinajstić information content (AvgIpc) is 2.53. The highest BCUT2D eigenvalue weighted by molar-refractivity contribution is 5.91. The minimum Gasteiger partial charge on any atom is -0.459 e. The van der Waals surface area contributed by atoms with Crippen molar-refractivity contribution < 1.29 is 32.2 Å². The van der Waals surface area contributed by atoms with E-state index in [0.29, 0.717) is 25.9 Å². The zero-order valence-electron chi connectivity index (χ0n) is 14.9. The molecule has 2 rings (SSSR count). The number of benzene rings is 1. The van der Waals surface area contributed by atoms with E-state index in [1.165, 1.54) is 17.0 Å². The van der Waals surface area contributed by atoms with E-state index >= 15 is 0 Å². The summed E-state index contributed by atoms with van der Waals surface area (Å²) in [5, 5.41) is 0. The van der Waals surface area contributed by atoms with Crippen LogP contribution >= 0.6 is 0 Å². The van der Waals surface area contributed by atoms with Gasteiger partial charge in [0.15, 0.2) is 0 Å². The Morgan fingerprint density at radius 2 is 1.65 bits per heavy atom. The molecule has 1 fully saturated rings. The molecule has 1 aliphatic heterocycles. The number of halogens is 3. The van der Waals surface area contributed by atoms with Crippen LogP contribution in [-0.2, 0) is 15.7 Å². The molecule has 1 aromatic carbocycles. The van der Waals surface area contributed by atoms with Crippen LogP contribution in [0.25, 0.3) is 0 Å². The molecule has 1 amide bonds. The van der Waals surface area contributed by atoms with E-state index in [2.05, 4.69) is 0 Å². The van der Waals surface area contributed by atoms with E-state index in [-0.39, 0.29) is 0 Å². The number of hydrogen-bond acceptors (Lipinski definition) is 4. The summed E-state index contributed by atoms with van der Waals surface area (Å²) in [5.74, 6) is -1.01. The van der Waals surface area contributed by atoms with E-state index in [0.717, 1.165) is 12.1 Å². The zero-order valence-corrected chi connectivity index (χ0v) is 14.9. The van der Waals surface area contributed by atoms with Crippen LogP contribution in [0.2, 0.25) is 0 Å². The Morgan fingerprint density at radius 1 is 1.08 bits per heavy atom. The highest BCUT2D eigenvalue weighted by Gasteiger charge is 2.36. The van der Waals surface area contributed by atoms with Gasteiger partial charge in [-0.25, -0.2) is 9.59 Å². The SMILES string of the molecule is CC(C)(C)OC(=O)N1CCC(OC(=O)c2ccccc2C(F)(F)F)CC1. The molecule has 144 valence electrons. The van der Waals surface area contributed by atoms with Crippen molar-refractivity contribution >= 4 is 12.1 Å². The number of likely N-dealkylation sites (tertiary alicyclic amines) is 1. The molecule has 1 saturated heterocycles. The van der Waals surface area contributed by atoms with Crippen molar-refractivity contribution in [1.29, 1.82) is 0 Å². The Bertz CT molecular complexity index is 659. The maximum absolute atomic E-state index is 13.0. The summed E-state index contributed by atoms with van der Waals surface area (Å²) < 4.78 is 49.5. The number of alkyl halides is 3. The van der Waals surface area contributed by atoms with Gasteiger partial charge in [0.05, 0.1) is 11.1 Å². The minimum absolute atomic E-state index is 0.313. The third-order valence-electron chi connectivity index (χ3n) is 3.82. The molecule has 5 nitrogen and oxygen atoms in total. The number of carbonyl (C=O) groups excluding carboxylic acids is 2. The fourth-order valence-corrected chi connectivity index (χ4v) is 2.61. The molecule has 0 atom stereocenters. The summed E-state index contributed by atoms with van der Waals surface area (Å²) in [6.45, 7) is 5.91. The molecule has 1 heterocycles. The second-order valence-electron chi connectivity index (χ2n) is 7.12. The molecule has 0 unspecified atom stereocenters. The number of hydrogen-bond donors (Lipinski definition) is 0. The highest BCUT2D eigenvalue weighted by atomic mass is 19.4. The van der Waals surface area contributed by atoms with Gasteiger partial charge >= 0.3 is 18.2 Å². The lowest BCUT2D eigenvalue weighted by Gasteiger charge is -2.33. The van der Waals surface area contributed by atoms with E-state index in [4.69, 9.17) is 9.47 Å². The first-order valence-corrected chi connectivity index (χ1v) is 8.32. The van der Waals surface area contributed by atoms with Gasteiger partial charge in [-0.3, -0.25) is 0 Å². The molecule has 0 aliphatic carbocycles. The highest BCUT2D eigenvalue weighted by Crippen LogP contribution is 2.32. The number of esters is 1. The third kappa shape index (κ3) is 5.37. The van der Waals surface area contributed by atoms with E-state index in [1.54, 1.807) is 20.8 Å². The number of ether oxygens (including phenoxy) is 2. The van der Waals surface area contributed by atoms with Crippen LogP contribution in [0.1, 0.15) is 49.5 Å². The van der Waals surface area contributed by atoms with Crippen molar-refractivity contribution in [1.82, 2.24) is 4.90 Å². The van der Waals surface area contributed by atoms with Crippen molar-refractivity contribution in [3.8, 4) is 0 Å². The number of nitrogens with zero attached hydrogens (tertiary/aromatic N) is 1. The summed E-state index contributed by atoms with van der Waals surface area (Å²) in [5.41, 5.74) is -2.13. The summed E-state index contributed by atoms with van der Waals surface area (Å²) in [6, 6.07) is 4.53. The molecular weight excluding hydrogens is 351 g/mol.